The number of amides is 1. The number of methoxy groups -OCH3 is 1. The van der Waals surface area contributed by atoms with Gasteiger partial charge in [0.05, 0.1) is 18.7 Å². The van der Waals surface area contributed by atoms with Gasteiger partial charge in [-0.3, -0.25) is 19.5 Å². The first-order valence-corrected chi connectivity index (χ1v) is 12.7. The molecule has 180 valence electrons. The summed E-state index contributed by atoms with van der Waals surface area (Å²) in [5.41, 5.74) is 2.12. The van der Waals surface area contributed by atoms with E-state index >= 15 is 0 Å². The van der Waals surface area contributed by atoms with Crippen LogP contribution in [-0.4, -0.2) is 39.1 Å². The summed E-state index contributed by atoms with van der Waals surface area (Å²) in [4.78, 5) is 31.8. The first-order chi connectivity index (χ1) is 17.6. The Kier molecular flexibility index (Phi) is 6.79. The second-order valence-corrected chi connectivity index (χ2v) is 9.98. The molecule has 0 saturated carbocycles. The van der Waals surface area contributed by atoms with E-state index in [0.29, 0.717) is 27.0 Å². The van der Waals surface area contributed by atoms with Crippen LogP contribution in [0.2, 0.25) is 0 Å². The summed E-state index contributed by atoms with van der Waals surface area (Å²) in [6.45, 7) is 0. The fraction of sp³-hybridized carbons (Fsp3) is 0.115. The number of rotatable bonds is 7. The predicted octanol–water partition coefficient (Wildman–Crippen LogP) is 4.86. The van der Waals surface area contributed by atoms with Gasteiger partial charge in [0, 0.05) is 23.7 Å². The summed E-state index contributed by atoms with van der Waals surface area (Å²) in [5, 5.41) is 19.9. The van der Waals surface area contributed by atoms with Gasteiger partial charge in [-0.25, -0.2) is 0 Å². The maximum Gasteiger partial charge on any atom is 0.301 e. The third-order valence-corrected chi connectivity index (χ3v) is 7.76. The summed E-state index contributed by atoms with van der Waals surface area (Å²) in [6.07, 6.45) is 3.02. The van der Waals surface area contributed by atoms with Crippen LogP contribution in [0.5, 0.6) is 5.75 Å². The van der Waals surface area contributed by atoms with E-state index in [1.54, 1.807) is 43.5 Å². The Hall–Kier alpha value is -4.02. The normalized spacial score (nSPS) is 16.9. The Morgan fingerprint density at radius 1 is 1.03 bits per heavy atom. The van der Waals surface area contributed by atoms with Crippen LogP contribution in [0.1, 0.15) is 22.7 Å². The number of carbonyl (C=O) groups is 2. The Bertz CT molecular complexity index is 1420. The average Bonchev–Trinajstić information content (AvgIpc) is 3.50. The average molecular weight is 517 g/mol. The van der Waals surface area contributed by atoms with Gasteiger partial charge in [-0.05, 0) is 35.4 Å². The number of aliphatic hydroxyl groups is 1. The van der Waals surface area contributed by atoms with E-state index in [1.165, 1.54) is 40.4 Å². The van der Waals surface area contributed by atoms with Crippen LogP contribution in [0.25, 0.3) is 5.76 Å². The summed E-state index contributed by atoms with van der Waals surface area (Å²) in [7, 11) is 1.56. The number of aliphatic hydroxyl groups excluding tert-OH is 1. The first kappa shape index (κ1) is 23.7. The first-order valence-electron chi connectivity index (χ1n) is 10.9. The van der Waals surface area contributed by atoms with Crippen molar-refractivity contribution in [3.8, 4) is 5.75 Å². The number of nitrogens with zero attached hydrogens (tertiary/aromatic N) is 4. The molecule has 0 aliphatic carbocycles. The van der Waals surface area contributed by atoms with E-state index in [0.717, 1.165) is 5.56 Å². The maximum atomic E-state index is 13.3. The van der Waals surface area contributed by atoms with Crippen molar-refractivity contribution in [2.24, 2.45) is 0 Å². The minimum atomic E-state index is -0.885. The molecular formula is C26H20N4O4S2. The maximum absolute atomic E-state index is 13.3. The molecule has 1 aliphatic heterocycles. The van der Waals surface area contributed by atoms with Gasteiger partial charge < -0.3 is 9.84 Å². The van der Waals surface area contributed by atoms with Crippen molar-refractivity contribution in [3.05, 3.63) is 101 Å². The Balaban J connectivity index is 1.54. The van der Waals surface area contributed by atoms with Crippen LogP contribution in [0.3, 0.4) is 0 Å². The van der Waals surface area contributed by atoms with Gasteiger partial charge >= 0.3 is 5.91 Å². The van der Waals surface area contributed by atoms with Crippen molar-refractivity contribution in [3.63, 3.8) is 0 Å². The van der Waals surface area contributed by atoms with Crippen molar-refractivity contribution in [1.29, 1.82) is 0 Å². The summed E-state index contributed by atoms with van der Waals surface area (Å²) in [6, 6.07) is 19.2. The highest BCUT2D eigenvalue weighted by Crippen LogP contribution is 2.44. The van der Waals surface area contributed by atoms with E-state index in [4.69, 9.17) is 4.74 Å². The number of hydrogen-bond acceptors (Lipinski definition) is 9. The zero-order valence-electron chi connectivity index (χ0n) is 19.1. The van der Waals surface area contributed by atoms with Crippen molar-refractivity contribution in [1.82, 2.24) is 15.2 Å². The number of ether oxygens (including phenoxy) is 1. The third-order valence-electron chi connectivity index (χ3n) is 5.64. The lowest BCUT2D eigenvalue weighted by molar-refractivity contribution is -0.132. The molecule has 0 bridgehead atoms. The van der Waals surface area contributed by atoms with Crippen molar-refractivity contribution in [2.75, 3.05) is 12.0 Å². The lowest BCUT2D eigenvalue weighted by Crippen LogP contribution is -2.29. The molecule has 1 fully saturated rings. The van der Waals surface area contributed by atoms with Gasteiger partial charge in [-0.15, -0.1) is 10.2 Å². The third kappa shape index (κ3) is 4.60. The molecule has 2 aromatic heterocycles. The molecule has 2 aromatic carbocycles. The minimum Gasteiger partial charge on any atom is -0.507 e. The minimum absolute atomic E-state index is 0.0231. The van der Waals surface area contributed by atoms with Gasteiger partial charge in [0.1, 0.15) is 11.5 Å². The molecule has 1 aliphatic rings. The van der Waals surface area contributed by atoms with Crippen LogP contribution in [-0.2, 0) is 15.3 Å². The zero-order chi connectivity index (χ0) is 25.1. The van der Waals surface area contributed by atoms with Gasteiger partial charge in [0.25, 0.3) is 5.78 Å². The number of aromatic nitrogens is 3. The standard InChI is InChI=1S/C26H20N4O4S2/c1-34-19-9-7-17(8-10-19)21-20(22(31)18-11-13-27-14-12-18)23(32)24(33)30(21)25-28-29-26(36-25)35-15-16-5-3-2-4-6-16/h2-14,21,31H,15H2,1H3. The van der Waals surface area contributed by atoms with Crippen LogP contribution >= 0.6 is 23.1 Å². The van der Waals surface area contributed by atoms with Crippen molar-refractivity contribution in [2.45, 2.75) is 16.1 Å². The molecule has 0 spiro atoms. The van der Waals surface area contributed by atoms with Crippen LogP contribution in [0.4, 0.5) is 5.13 Å². The predicted molar refractivity (Wildman–Crippen MR) is 138 cm³/mol. The lowest BCUT2D eigenvalue weighted by atomic mass is 9.95. The molecule has 10 heteroatoms. The molecule has 5 rings (SSSR count). The second-order valence-electron chi connectivity index (χ2n) is 7.80. The number of hydrogen-bond donors (Lipinski definition) is 1. The van der Waals surface area contributed by atoms with Crippen molar-refractivity contribution >= 4 is 45.7 Å². The van der Waals surface area contributed by atoms with E-state index in [1.807, 2.05) is 30.3 Å². The fourth-order valence-corrected chi connectivity index (χ4v) is 5.70. The van der Waals surface area contributed by atoms with Crippen molar-refractivity contribution < 1.29 is 19.4 Å². The van der Waals surface area contributed by atoms with E-state index < -0.39 is 17.7 Å². The molecule has 1 unspecified atom stereocenters. The number of pyridine rings is 1. The smallest absolute Gasteiger partial charge is 0.301 e. The second kappa shape index (κ2) is 10.3. The van der Waals surface area contributed by atoms with Gasteiger partial charge in [0.15, 0.2) is 4.34 Å². The quantitative estimate of drug-likeness (QED) is 0.122. The SMILES string of the molecule is COc1ccc(C2C(=C(O)c3ccncc3)C(=O)C(=O)N2c2nnc(SCc3ccccc3)s2)cc1. The molecule has 1 saturated heterocycles. The fourth-order valence-electron chi connectivity index (χ4n) is 3.87. The molecule has 1 N–H and O–H groups in total. The van der Waals surface area contributed by atoms with E-state index in [2.05, 4.69) is 15.2 Å². The summed E-state index contributed by atoms with van der Waals surface area (Å²) >= 11 is 2.72. The van der Waals surface area contributed by atoms with Gasteiger partial charge in [-0.2, -0.15) is 0 Å². The van der Waals surface area contributed by atoms with Crippen LogP contribution < -0.4 is 9.64 Å². The Morgan fingerprint density at radius 2 is 1.75 bits per heavy atom. The Labute approximate surface area is 215 Å². The molecule has 1 amide bonds. The number of thioether (sulfide) groups is 1. The van der Waals surface area contributed by atoms with E-state index in [-0.39, 0.29) is 16.5 Å². The monoisotopic (exact) mass is 516 g/mol. The number of carbonyl (C=O) groups excluding carboxylic acids is 2. The van der Waals surface area contributed by atoms with Gasteiger partial charge in [-0.1, -0.05) is 65.6 Å². The zero-order valence-corrected chi connectivity index (χ0v) is 20.7. The molecule has 8 nitrogen and oxygen atoms in total. The van der Waals surface area contributed by atoms with Gasteiger partial charge in [0.2, 0.25) is 5.13 Å². The number of benzene rings is 2. The molecular weight excluding hydrogens is 496 g/mol. The molecule has 0 radical (unpaired) electrons. The van der Waals surface area contributed by atoms with E-state index in [9.17, 15) is 14.7 Å². The molecule has 1 atom stereocenters. The summed E-state index contributed by atoms with van der Waals surface area (Å²) < 4.78 is 5.92. The highest BCUT2D eigenvalue weighted by atomic mass is 32.2. The molecule has 4 aromatic rings. The molecule has 36 heavy (non-hydrogen) atoms. The topological polar surface area (TPSA) is 106 Å². The largest absolute Gasteiger partial charge is 0.507 e. The van der Waals surface area contributed by atoms with Crippen LogP contribution in [0, 0.1) is 0 Å². The number of anilines is 1. The lowest BCUT2D eigenvalue weighted by Gasteiger charge is -2.22. The summed E-state index contributed by atoms with van der Waals surface area (Å²) in [5.74, 6) is -0.526. The number of Topliss-reactive ketones (excluding diaryl/α,β-unsaturated/α-hetero) is 1. The highest BCUT2D eigenvalue weighted by molar-refractivity contribution is 8.00. The highest BCUT2D eigenvalue weighted by Gasteiger charge is 2.48. The number of ketones is 1. The Morgan fingerprint density at radius 3 is 2.44 bits per heavy atom. The molecule has 3 heterocycles. The van der Waals surface area contributed by atoms with Crippen LogP contribution in [0.15, 0.2) is 89.0 Å².